The highest BCUT2D eigenvalue weighted by Gasteiger charge is 2.24. The third-order valence-corrected chi connectivity index (χ3v) is 4.82. The number of aromatic nitrogens is 5. The molecule has 1 aromatic carbocycles. The van der Waals surface area contributed by atoms with E-state index in [0.717, 1.165) is 16.5 Å². The number of hydrogen-bond acceptors (Lipinski definition) is 7. The first kappa shape index (κ1) is 20.8. The predicted molar refractivity (Wildman–Crippen MR) is 117 cm³/mol. The van der Waals surface area contributed by atoms with Crippen molar-refractivity contribution in [2.45, 2.75) is 26.3 Å². The van der Waals surface area contributed by atoms with Gasteiger partial charge in [0.15, 0.2) is 5.65 Å². The van der Waals surface area contributed by atoms with E-state index >= 15 is 0 Å². The molecule has 0 radical (unpaired) electrons. The lowest BCUT2D eigenvalue weighted by Crippen LogP contribution is -2.25. The van der Waals surface area contributed by atoms with Crippen molar-refractivity contribution < 1.29 is 14.4 Å². The van der Waals surface area contributed by atoms with Crippen molar-refractivity contribution in [2.24, 2.45) is 0 Å². The van der Waals surface area contributed by atoms with Gasteiger partial charge in [-0.2, -0.15) is 5.10 Å². The molecule has 0 unspecified atom stereocenters. The number of benzene rings is 1. The van der Waals surface area contributed by atoms with E-state index in [1.807, 2.05) is 22.9 Å². The lowest BCUT2D eigenvalue weighted by atomic mass is 10.1. The zero-order valence-electron chi connectivity index (χ0n) is 17.9. The first-order valence-corrected chi connectivity index (χ1v) is 9.83. The van der Waals surface area contributed by atoms with Crippen LogP contribution >= 0.6 is 0 Å². The normalized spacial score (nSPS) is 12.0. The van der Waals surface area contributed by atoms with Gasteiger partial charge in [0.2, 0.25) is 0 Å². The van der Waals surface area contributed by atoms with Gasteiger partial charge in [0.25, 0.3) is 5.91 Å². The molecule has 3 heterocycles. The molecule has 0 saturated carbocycles. The number of anilines is 1. The standard InChI is InChI=1S/C21H25N7O3/c1-21(2,3)28-19-16(18(22)23-11-24-19)17(26-28)13-6-5-12-9-15(25-14(12)10-13)20(29)27-31-8-7-30-4/h5-6,9-11,25H,7-8H2,1-4H3,(H,27,29)(H2,22,23,24). The maximum atomic E-state index is 12.3. The Morgan fingerprint density at radius 3 is 2.77 bits per heavy atom. The van der Waals surface area contributed by atoms with Crippen LogP contribution in [0.1, 0.15) is 31.3 Å². The molecule has 4 N–H and O–H groups in total. The number of hydrogen-bond donors (Lipinski definition) is 3. The average Bonchev–Trinajstić information content (AvgIpc) is 3.33. The highest BCUT2D eigenvalue weighted by molar-refractivity contribution is 6.01. The Morgan fingerprint density at radius 2 is 2.03 bits per heavy atom. The predicted octanol–water partition coefficient (Wildman–Crippen LogP) is 2.62. The summed E-state index contributed by atoms with van der Waals surface area (Å²) in [4.78, 5) is 29.1. The molecule has 31 heavy (non-hydrogen) atoms. The largest absolute Gasteiger partial charge is 0.383 e. The van der Waals surface area contributed by atoms with E-state index in [9.17, 15) is 4.79 Å². The molecule has 0 aliphatic heterocycles. The summed E-state index contributed by atoms with van der Waals surface area (Å²) in [6.45, 7) is 6.80. The van der Waals surface area contributed by atoms with Gasteiger partial charge in [-0.05, 0) is 32.9 Å². The van der Waals surface area contributed by atoms with Crippen molar-refractivity contribution in [3.05, 3.63) is 36.3 Å². The van der Waals surface area contributed by atoms with Crippen LogP contribution < -0.4 is 11.2 Å². The van der Waals surface area contributed by atoms with E-state index in [2.05, 4.69) is 41.2 Å². The molecular formula is C21H25N7O3. The fourth-order valence-corrected chi connectivity index (χ4v) is 3.34. The smallest absolute Gasteiger partial charge is 0.291 e. The van der Waals surface area contributed by atoms with Crippen LogP contribution in [0.4, 0.5) is 5.82 Å². The number of rotatable bonds is 6. The van der Waals surface area contributed by atoms with Crippen molar-refractivity contribution in [3.63, 3.8) is 0 Å². The number of nitrogens with two attached hydrogens (primary N) is 1. The molecule has 0 atom stereocenters. The third-order valence-electron chi connectivity index (χ3n) is 4.82. The first-order chi connectivity index (χ1) is 14.8. The summed E-state index contributed by atoms with van der Waals surface area (Å²) in [5.74, 6) is 0.00400. The molecule has 0 saturated heterocycles. The number of carbonyl (C=O) groups is 1. The lowest BCUT2D eigenvalue weighted by molar-refractivity contribution is 0.00863. The van der Waals surface area contributed by atoms with Gasteiger partial charge in [-0.25, -0.2) is 20.1 Å². The number of aromatic amines is 1. The van der Waals surface area contributed by atoms with Gasteiger partial charge in [-0.1, -0.05) is 12.1 Å². The number of hydroxylamine groups is 1. The lowest BCUT2D eigenvalue weighted by Gasteiger charge is -2.19. The van der Waals surface area contributed by atoms with Crippen molar-refractivity contribution in [1.82, 2.24) is 30.2 Å². The quantitative estimate of drug-likeness (QED) is 0.321. The van der Waals surface area contributed by atoms with Crippen LogP contribution in [-0.2, 0) is 15.1 Å². The molecule has 10 nitrogen and oxygen atoms in total. The number of carbonyl (C=O) groups excluding carboxylic acids is 1. The molecule has 3 aromatic heterocycles. The van der Waals surface area contributed by atoms with Gasteiger partial charge in [0, 0.05) is 23.6 Å². The topological polar surface area (TPSA) is 133 Å². The second-order valence-corrected chi connectivity index (χ2v) is 8.15. The highest BCUT2D eigenvalue weighted by Crippen LogP contribution is 2.34. The molecule has 1 amide bonds. The van der Waals surface area contributed by atoms with Crippen LogP contribution in [0.15, 0.2) is 30.6 Å². The molecule has 4 rings (SSSR count). The maximum Gasteiger partial charge on any atom is 0.291 e. The number of fused-ring (bicyclic) bond motifs is 2. The minimum atomic E-state index is -0.367. The number of amides is 1. The summed E-state index contributed by atoms with van der Waals surface area (Å²) in [6, 6.07) is 7.55. The summed E-state index contributed by atoms with van der Waals surface area (Å²) in [7, 11) is 1.56. The fourth-order valence-electron chi connectivity index (χ4n) is 3.34. The molecule has 0 fully saturated rings. The van der Waals surface area contributed by atoms with E-state index in [-0.39, 0.29) is 18.1 Å². The van der Waals surface area contributed by atoms with E-state index in [0.29, 0.717) is 34.8 Å². The number of nitrogens with one attached hydrogen (secondary N) is 2. The Balaban J connectivity index is 1.73. The molecule has 0 aliphatic carbocycles. The zero-order chi connectivity index (χ0) is 22.2. The van der Waals surface area contributed by atoms with Crippen LogP contribution in [0.3, 0.4) is 0 Å². The van der Waals surface area contributed by atoms with Crippen molar-refractivity contribution in [2.75, 3.05) is 26.1 Å². The molecule has 0 aliphatic rings. The summed E-state index contributed by atoms with van der Waals surface area (Å²) in [6.07, 6.45) is 1.44. The van der Waals surface area contributed by atoms with Crippen LogP contribution in [0.5, 0.6) is 0 Å². The van der Waals surface area contributed by atoms with Crippen LogP contribution in [0.2, 0.25) is 0 Å². The summed E-state index contributed by atoms with van der Waals surface area (Å²) in [5, 5.41) is 6.39. The molecule has 162 valence electrons. The Hall–Kier alpha value is -3.50. The van der Waals surface area contributed by atoms with Crippen molar-refractivity contribution in [3.8, 4) is 11.3 Å². The van der Waals surface area contributed by atoms with Gasteiger partial charge >= 0.3 is 0 Å². The van der Waals surface area contributed by atoms with Gasteiger partial charge in [0.1, 0.15) is 23.5 Å². The van der Waals surface area contributed by atoms with E-state index in [1.54, 1.807) is 13.2 Å². The molecular weight excluding hydrogens is 398 g/mol. The minimum Gasteiger partial charge on any atom is -0.383 e. The van der Waals surface area contributed by atoms with E-state index in [1.165, 1.54) is 6.33 Å². The molecule has 10 heteroatoms. The zero-order valence-corrected chi connectivity index (χ0v) is 17.9. The van der Waals surface area contributed by atoms with Gasteiger partial charge in [0.05, 0.1) is 24.1 Å². The molecule has 0 spiro atoms. The fraction of sp³-hybridized carbons (Fsp3) is 0.333. The second-order valence-electron chi connectivity index (χ2n) is 8.15. The summed E-state index contributed by atoms with van der Waals surface area (Å²) in [5.41, 5.74) is 11.7. The van der Waals surface area contributed by atoms with Crippen LogP contribution in [0.25, 0.3) is 33.2 Å². The summed E-state index contributed by atoms with van der Waals surface area (Å²) < 4.78 is 6.74. The highest BCUT2D eigenvalue weighted by atomic mass is 16.7. The number of nitrogens with zero attached hydrogens (tertiary/aromatic N) is 4. The van der Waals surface area contributed by atoms with Gasteiger partial charge < -0.3 is 15.5 Å². The summed E-state index contributed by atoms with van der Waals surface area (Å²) >= 11 is 0. The molecule has 4 aromatic rings. The van der Waals surface area contributed by atoms with Gasteiger partial charge in [-0.15, -0.1) is 0 Å². The van der Waals surface area contributed by atoms with Gasteiger partial charge in [-0.3, -0.25) is 9.63 Å². The monoisotopic (exact) mass is 423 g/mol. The Labute approximate surface area is 178 Å². The SMILES string of the molecule is COCCONC(=O)c1cc2ccc(-c3nn(C(C)(C)C)c4ncnc(N)c34)cc2[nH]1. The number of H-pyrrole nitrogens is 1. The van der Waals surface area contributed by atoms with E-state index in [4.69, 9.17) is 20.4 Å². The van der Waals surface area contributed by atoms with Crippen LogP contribution in [0, 0.1) is 0 Å². The Kier molecular flexibility index (Phi) is 5.34. The number of nitrogen functional groups attached to an aromatic ring is 1. The van der Waals surface area contributed by atoms with Crippen molar-refractivity contribution in [1.29, 1.82) is 0 Å². The Bertz CT molecular complexity index is 1250. The number of methoxy groups -OCH3 is 1. The van der Waals surface area contributed by atoms with Crippen molar-refractivity contribution >= 4 is 33.7 Å². The molecule has 0 bridgehead atoms. The maximum absolute atomic E-state index is 12.3. The first-order valence-electron chi connectivity index (χ1n) is 9.83. The minimum absolute atomic E-state index is 0.264. The number of ether oxygens (including phenoxy) is 1. The third kappa shape index (κ3) is 3.94. The second kappa shape index (κ2) is 7.97. The average molecular weight is 423 g/mol. The Morgan fingerprint density at radius 1 is 1.23 bits per heavy atom. The van der Waals surface area contributed by atoms with E-state index < -0.39 is 0 Å². The van der Waals surface area contributed by atoms with Crippen LogP contribution in [-0.4, -0.2) is 51.0 Å².